The maximum absolute atomic E-state index is 12.7. The molecule has 2 aliphatic rings. The maximum Gasteiger partial charge on any atom is 0.261 e. The number of amides is 1. The van der Waals surface area contributed by atoms with E-state index in [2.05, 4.69) is 27.7 Å². The number of rotatable bonds is 6. The molecule has 1 N–H and O–H groups in total. The Bertz CT molecular complexity index is 1030. The van der Waals surface area contributed by atoms with Crippen LogP contribution >= 0.6 is 22.7 Å². The van der Waals surface area contributed by atoms with Gasteiger partial charge in [0.05, 0.1) is 4.88 Å². The standard InChI is InChI=1S/C24H26N2O3S2/c27-24(25-14-17-3-1-9-26(15-17)16-19-4-2-12-30-19)23-8-7-22(31-23)18-5-6-20-21(13-18)29-11-10-28-20/h2,4-8,12-13,17H,1,3,9-11,14-16H2,(H,25,27). The molecule has 4 heterocycles. The van der Waals surface area contributed by atoms with Crippen LogP contribution in [-0.2, 0) is 6.54 Å². The molecule has 3 aromatic rings. The average molecular weight is 455 g/mol. The zero-order chi connectivity index (χ0) is 21.0. The van der Waals surface area contributed by atoms with E-state index in [1.165, 1.54) is 29.1 Å². The number of fused-ring (bicyclic) bond motifs is 1. The van der Waals surface area contributed by atoms with Gasteiger partial charge in [-0.1, -0.05) is 6.07 Å². The largest absolute Gasteiger partial charge is 0.486 e. The summed E-state index contributed by atoms with van der Waals surface area (Å²) in [5.74, 6) is 2.08. The van der Waals surface area contributed by atoms with Gasteiger partial charge in [0, 0.05) is 29.4 Å². The van der Waals surface area contributed by atoms with Crippen LogP contribution in [0.1, 0.15) is 27.4 Å². The van der Waals surface area contributed by atoms with Crippen molar-refractivity contribution in [1.29, 1.82) is 0 Å². The molecule has 1 aromatic carbocycles. The molecule has 0 aliphatic carbocycles. The lowest BCUT2D eigenvalue weighted by molar-refractivity contribution is 0.0935. The van der Waals surface area contributed by atoms with Crippen molar-refractivity contribution in [2.45, 2.75) is 19.4 Å². The van der Waals surface area contributed by atoms with Gasteiger partial charge in [-0.25, -0.2) is 0 Å². The van der Waals surface area contributed by atoms with Crippen molar-refractivity contribution in [3.05, 3.63) is 57.6 Å². The average Bonchev–Trinajstić information content (AvgIpc) is 3.50. The number of nitrogens with zero attached hydrogens (tertiary/aromatic N) is 1. The number of benzene rings is 1. The number of hydrogen-bond donors (Lipinski definition) is 1. The minimum Gasteiger partial charge on any atom is -0.486 e. The Kier molecular flexibility index (Phi) is 6.25. The molecule has 1 atom stereocenters. The summed E-state index contributed by atoms with van der Waals surface area (Å²) in [7, 11) is 0. The van der Waals surface area contributed by atoms with Crippen LogP contribution in [0.15, 0.2) is 47.8 Å². The Morgan fingerprint density at radius 1 is 1.13 bits per heavy atom. The molecule has 1 amide bonds. The van der Waals surface area contributed by atoms with Gasteiger partial charge in [0.2, 0.25) is 0 Å². The van der Waals surface area contributed by atoms with Gasteiger partial charge in [-0.05, 0) is 72.6 Å². The van der Waals surface area contributed by atoms with Crippen molar-refractivity contribution < 1.29 is 14.3 Å². The molecule has 2 aromatic heterocycles. The van der Waals surface area contributed by atoms with E-state index in [9.17, 15) is 4.79 Å². The van der Waals surface area contributed by atoms with Crippen molar-refractivity contribution in [3.63, 3.8) is 0 Å². The second-order valence-electron chi connectivity index (χ2n) is 8.06. The highest BCUT2D eigenvalue weighted by Crippen LogP contribution is 2.37. The van der Waals surface area contributed by atoms with E-state index in [-0.39, 0.29) is 5.91 Å². The molecular formula is C24H26N2O3S2. The summed E-state index contributed by atoms with van der Waals surface area (Å²) in [5.41, 5.74) is 1.05. The monoisotopic (exact) mass is 454 g/mol. The highest BCUT2D eigenvalue weighted by atomic mass is 32.1. The van der Waals surface area contributed by atoms with E-state index in [0.717, 1.165) is 53.0 Å². The third-order valence-electron chi connectivity index (χ3n) is 5.77. The number of piperidine rings is 1. The van der Waals surface area contributed by atoms with Crippen molar-refractivity contribution in [2.75, 3.05) is 32.8 Å². The number of carbonyl (C=O) groups is 1. The van der Waals surface area contributed by atoms with Crippen LogP contribution in [0.4, 0.5) is 0 Å². The molecule has 0 radical (unpaired) electrons. The summed E-state index contributed by atoms with van der Waals surface area (Å²) >= 11 is 3.33. The van der Waals surface area contributed by atoms with E-state index in [1.54, 1.807) is 0 Å². The Morgan fingerprint density at radius 2 is 2.03 bits per heavy atom. The predicted molar refractivity (Wildman–Crippen MR) is 125 cm³/mol. The summed E-state index contributed by atoms with van der Waals surface area (Å²) in [6.45, 7) is 5.10. The Labute approximate surface area is 190 Å². The Balaban J connectivity index is 1.16. The highest BCUT2D eigenvalue weighted by Gasteiger charge is 2.21. The summed E-state index contributed by atoms with van der Waals surface area (Å²) in [6, 6.07) is 14.2. The van der Waals surface area contributed by atoms with Gasteiger partial charge in [-0.3, -0.25) is 9.69 Å². The molecule has 7 heteroatoms. The number of thiophene rings is 2. The molecule has 2 aliphatic heterocycles. The molecule has 0 spiro atoms. The van der Waals surface area contributed by atoms with Crippen LogP contribution in [0.5, 0.6) is 11.5 Å². The molecule has 1 unspecified atom stereocenters. The first-order valence-corrected chi connectivity index (χ1v) is 12.5. The predicted octanol–water partition coefficient (Wildman–Crippen LogP) is 4.89. The molecule has 0 saturated carbocycles. The van der Waals surface area contributed by atoms with Gasteiger partial charge in [-0.2, -0.15) is 0 Å². The third-order valence-corrected chi connectivity index (χ3v) is 7.76. The smallest absolute Gasteiger partial charge is 0.261 e. The minimum absolute atomic E-state index is 0.0178. The normalized spacial score (nSPS) is 18.6. The van der Waals surface area contributed by atoms with Gasteiger partial charge >= 0.3 is 0 Å². The van der Waals surface area contributed by atoms with E-state index < -0.39 is 0 Å². The van der Waals surface area contributed by atoms with Gasteiger partial charge in [-0.15, -0.1) is 22.7 Å². The van der Waals surface area contributed by atoms with Crippen LogP contribution in [0.25, 0.3) is 10.4 Å². The highest BCUT2D eigenvalue weighted by molar-refractivity contribution is 7.17. The van der Waals surface area contributed by atoms with Crippen molar-refractivity contribution >= 4 is 28.6 Å². The maximum atomic E-state index is 12.7. The second-order valence-corrected chi connectivity index (χ2v) is 10.2. The molecule has 1 saturated heterocycles. The Morgan fingerprint density at radius 3 is 2.90 bits per heavy atom. The van der Waals surface area contributed by atoms with Crippen LogP contribution in [0.3, 0.4) is 0 Å². The topological polar surface area (TPSA) is 50.8 Å². The van der Waals surface area contributed by atoms with Gasteiger partial charge in [0.1, 0.15) is 13.2 Å². The third kappa shape index (κ3) is 4.95. The van der Waals surface area contributed by atoms with Crippen molar-refractivity contribution in [2.24, 2.45) is 5.92 Å². The number of hydrogen-bond acceptors (Lipinski definition) is 6. The first-order valence-electron chi connectivity index (χ1n) is 10.8. The lowest BCUT2D eigenvalue weighted by atomic mass is 9.98. The number of likely N-dealkylation sites (tertiary alicyclic amines) is 1. The lowest BCUT2D eigenvalue weighted by Crippen LogP contribution is -2.40. The van der Waals surface area contributed by atoms with Gasteiger partial charge in [0.25, 0.3) is 5.91 Å². The van der Waals surface area contributed by atoms with Crippen LogP contribution in [0.2, 0.25) is 0 Å². The number of ether oxygens (including phenoxy) is 2. The Hall–Kier alpha value is -2.35. The molecule has 0 bridgehead atoms. The van der Waals surface area contributed by atoms with E-state index in [0.29, 0.717) is 19.1 Å². The molecule has 31 heavy (non-hydrogen) atoms. The summed E-state index contributed by atoms with van der Waals surface area (Å²) in [4.78, 5) is 18.5. The number of nitrogens with one attached hydrogen (secondary N) is 1. The summed E-state index contributed by atoms with van der Waals surface area (Å²) in [5, 5.41) is 5.30. The fraction of sp³-hybridized carbons (Fsp3) is 0.375. The molecular weight excluding hydrogens is 428 g/mol. The van der Waals surface area contributed by atoms with Gasteiger partial charge < -0.3 is 14.8 Å². The number of carbonyl (C=O) groups excluding carboxylic acids is 1. The molecule has 5 nitrogen and oxygen atoms in total. The zero-order valence-electron chi connectivity index (χ0n) is 17.3. The summed E-state index contributed by atoms with van der Waals surface area (Å²) in [6.07, 6.45) is 2.37. The second kappa shape index (κ2) is 9.42. The van der Waals surface area contributed by atoms with E-state index >= 15 is 0 Å². The molecule has 162 valence electrons. The van der Waals surface area contributed by atoms with Crippen molar-refractivity contribution in [1.82, 2.24) is 10.2 Å². The van der Waals surface area contributed by atoms with Crippen LogP contribution < -0.4 is 14.8 Å². The molecule has 1 fully saturated rings. The van der Waals surface area contributed by atoms with Crippen LogP contribution in [-0.4, -0.2) is 43.7 Å². The SMILES string of the molecule is O=C(NCC1CCCN(Cc2cccs2)C1)c1ccc(-c2ccc3c(c2)OCCO3)s1. The fourth-order valence-electron chi connectivity index (χ4n) is 4.22. The summed E-state index contributed by atoms with van der Waals surface area (Å²) < 4.78 is 11.3. The molecule has 5 rings (SSSR count). The van der Waals surface area contributed by atoms with Crippen LogP contribution in [0, 0.1) is 5.92 Å². The van der Waals surface area contributed by atoms with Gasteiger partial charge in [0.15, 0.2) is 11.5 Å². The quantitative estimate of drug-likeness (QED) is 0.576. The van der Waals surface area contributed by atoms with Crippen molar-refractivity contribution in [3.8, 4) is 21.9 Å². The zero-order valence-corrected chi connectivity index (χ0v) is 19.0. The minimum atomic E-state index is 0.0178. The fourth-order valence-corrected chi connectivity index (χ4v) is 5.89. The van der Waals surface area contributed by atoms with E-state index in [1.807, 2.05) is 41.7 Å². The first kappa shape index (κ1) is 20.5. The lowest BCUT2D eigenvalue weighted by Gasteiger charge is -2.32. The van der Waals surface area contributed by atoms with E-state index in [4.69, 9.17) is 9.47 Å². The first-order chi connectivity index (χ1) is 15.2.